The minimum absolute atomic E-state index is 0.0603. The van der Waals surface area contributed by atoms with E-state index >= 15 is 0 Å². The number of hydrogen-bond acceptors (Lipinski definition) is 8. The molecule has 0 atom stereocenters. The van der Waals surface area contributed by atoms with Crippen LogP contribution < -0.4 is 20.2 Å². The number of non-ortho nitro benzene ring substituents is 1. The van der Waals surface area contributed by atoms with Gasteiger partial charge in [-0.1, -0.05) is 0 Å². The van der Waals surface area contributed by atoms with Crippen molar-refractivity contribution < 1.29 is 32.8 Å². The lowest BCUT2D eigenvalue weighted by molar-refractivity contribution is -0.384. The molecule has 11 nitrogen and oxygen atoms in total. The van der Waals surface area contributed by atoms with Crippen LogP contribution in [0.5, 0.6) is 11.5 Å². The van der Waals surface area contributed by atoms with Crippen LogP contribution in [-0.2, 0) is 4.79 Å². The Morgan fingerprint density at radius 1 is 1.13 bits per heavy atom. The summed E-state index contributed by atoms with van der Waals surface area (Å²) in [6.45, 7) is 1.81. The lowest BCUT2D eigenvalue weighted by atomic mass is 10.2. The SMILES string of the molecule is CCOc1cc(/C=N/NC(=O)c2cc3cc([N+](=O)[O-])ccc3o2)cc(I)c1OCC(=O)Nc1ccc(F)cc1. The summed E-state index contributed by atoms with van der Waals surface area (Å²) in [7, 11) is 0. The van der Waals surface area contributed by atoms with Gasteiger partial charge in [-0.15, -0.1) is 0 Å². The van der Waals surface area contributed by atoms with Gasteiger partial charge in [0.05, 0.1) is 21.3 Å². The van der Waals surface area contributed by atoms with Crippen LogP contribution in [0.4, 0.5) is 15.8 Å². The molecule has 2 amide bonds. The minimum Gasteiger partial charge on any atom is -0.490 e. The van der Waals surface area contributed by atoms with Crippen molar-refractivity contribution in [2.45, 2.75) is 6.92 Å². The Hall–Kier alpha value is -4.53. The zero-order valence-corrected chi connectivity index (χ0v) is 22.4. The number of anilines is 1. The molecule has 0 bridgehead atoms. The van der Waals surface area contributed by atoms with Gasteiger partial charge >= 0.3 is 5.91 Å². The van der Waals surface area contributed by atoms with Gasteiger partial charge in [0.25, 0.3) is 11.6 Å². The first-order chi connectivity index (χ1) is 18.7. The summed E-state index contributed by atoms with van der Waals surface area (Å²) in [5.74, 6) is -0.832. The van der Waals surface area contributed by atoms with Crippen LogP contribution in [0.1, 0.15) is 23.0 Å². The lowest BCUT2D eigenvalue weighted by Gasteiger charge is -2.14. The predicted molar refractivity (Wildman–Crippen MR) is 149 cm³/mol. The maximum atomic E-state index is 13.1. The second-order valence-electron chi connectivity index (χ2n) is 7.90. The van der Waals surface area contributed by atoms with E-state index in [9.17, 15) is 24.1 Å². The number of benzene rings is 3. The molecule has 1 aromatic heterocycles. The van der Waals surface area contributed by atoms with Crippen molar-refractivity contribution in [2.75, 3.05) is 18.5 Å². The number of hydrazone groups is 1. The molecule has 0 unspecified atom stereocenters. The molecule has 200 valence electrons. The molecule has 4 rings (SSSR count). The van der Waals surface area contributed by atoms with Gasteiger partial charge < -0.3 is 19.2 Å². The first kappa shape index (κ1) is 27.5. The number of carbonyl (C=O) groups excluding carboxylic acids is 2. The molecular formula is C26H20FIN4O7. The summed E-state index contributed by atoms with van der Waals surface area (Å²) < 4.78 is 30.5. The largest absolute Gasteiger partial charge is 0.490 e. The average molecular weight is 646 g/mol. The molecule has 0 radical (unpaired) electrons. The van der Waals surface area contributed by atoms with Crippen LogP contribution in [-0.4, -0.2) is 36.2 Å². The zero-order valence-electron chi connectivity index (χ0n) is 20.3. The molecule has 0 spiro atoms. The zero-order chi connectivity index (χ0) is 27.9. The maximum absolute atomic E-state index is 13.1. The van der Waals surface area contributed by atoms with Crippen molar-refractivity contribution in [1.29, 1.82) is 0 Å². The fraction of sp³-hybridized carbons (Fsp3) is 0.115. The molecular weight excluding hydrogens is 626 g/mol. The Morgan fingerprint density at radius 3 is 2.62 bits per heavy atom. The highest BCUT2D eigenvalue weighted by Gasteiger charge is 2.16. The van der Waals surface area contributed by atoms with Crippen molar-refractivity contribution in [2.24, 2.45) is 5.10 Å². The number of furan rings is 1. The van der Waals surface area contributed by atoms with E-state index in [1.807, 2.05) is 22.6 Å². The fourth-order valence-electron chi connectivity index (χ4n) is 3.41. The predicted octanol–water partition coefficient (Wildman–Crippen LogP) is 5.26. The van der Waals surface area contributed by atoms with Gasteiger partial charge in [0.2, 0.25) is 0 Å². The minimum atomic E-state index is -0.642. The Balaban J connectivity index is 1.41. The summed E-state index contributed by atoms with van der Waals surface area (Å²) in [4.78, 5) is 35.1. The summed E-state index contributed by atoms with van der Waals surface area (Å²) >= 11 is 2.02. The van der Waals surface area contributed by atoms with Crippen LogP contribution in [0.2, 0.25) is 0 Å². The smallest absolute Gasteiger partial charge is 0.307 e. The highest BCUT2D eigenvalue weighted by atomic mass is 127. The highest BCUT2D eigenvalue weighted by Crippen LogP contribution is 2.34. The monoisotopic (exact) mass is 646 g/mol. The number of nitrogens with one attached hydrogen (secondary N) is 2. The molecule has 0 saturated heterocycles. The molecule has 0 saturated carbocycles. The van der Waals surface area contributed by atoms with E-state index in [1.165, 1.54) is 54.7 Å². The van der Waals surface area contributed by atoms with Crippen LogP contribution in [0.15, 0.2) is 70.2 Å². The first-order valence-electron chi connectivity index (χ1n) is 11.4. The number of rotatable bonds is 10. The highest BCUT2D eigenvalue weighted by molar-refractivity contribution is 14.1. The van der Waals surface area contributed by atoms with Gasteiger partial charge in [-0.3, -0.25) is 19.7 Å². The fourth-order valence-corrected chi connectivity index (χ4v) is 4.19. The van der Waals surface area contributed by atoms with Crippen molar-refractivity contribution >= 4 is 63.0 Å². The van der Waals surface area contributed by atoms with E-state index in [0.717, 1.165) is 0 Å². The molecule has 0 fully saturated rings. The number of nitro benzene ring substituents is 1. The molecule has 4 aromatic rings. The van der Waals surface area contributed by atoms with Crippen molar-refractivity contribution in [3.8, 4) is 11.5 Å². The van der Waals surface area contributed by atoms with E-state index in [1.54, 1.807) is 19.1 Å². The summed E-state index contributed by atoms with van der Waals surface area (Å²) in [5.41, 5.74) is 3.57. The average Bonchev–Trinajstić information content (AvgIpc) is 3.33. The van der Waals surface area contributed by atoms with Gasteiger partial charge in [-0.2, -0.15) is 5.10 Å². The van der Waals surface area contributed by atoms with E-state index in [4.69, 9.17) is 13.9 Å². The number of nitro groups is 1. The second-order valence-corrected chi connectivity index (χ2v) is 9.06. The number of nitrogens with zero attached hydrogens (tertiary/aromatic N) is 2. The number of fused-ring (bicyclic) bond motifs is 1. The normalized spacial score (nSPS) is 10.9. The topological polar surface area (TPSA) is 145 Å². The summed E-state index contributed by atoms with van der Waals surface area (Å²) in [5, 5.41) is 17.9. The molecule has 0 aliphatic heterocycles. The quantitative estimate of drug-likeness (QED) is 0.103. The Morgan fingerprint density at radius 2 is 1.90 bits per heavy atom. The van der Waals surface area contributed by atoms with Crippen molar-refractivity contribution in [1.82, 2.24) is 5.43 Å². The number of halogens is 2. The van der Waals surface area contributed by atoms with Crippen LogP contribution >= 0.6 is 22.6 Å². The maximum Gasteiger partial charge on any atom is 0.307 e. The van der Waals surface area contributed by atoms with E-state index in [0.29, 0.717) is 43.9 Å². The van der Waals surface area contributed by atoms with Crippen molar-refractivity contribution in [3.05, 3.63) is 91.5 Å². The summed E-state index contributed by atoms with van der Waals surface area (Å²) in [6, 6.07) is 14.1. The number of hydrogen-bond donors (Lipinski definition) is 2. The van der Waals surface area contributed by atoms with Crippen LogP contribution in [0, 0.1) is 19.5 Å². The third kappa shape index (κ3) is 7.07. The number of amides is 2. The third-order valence-electron chi connectivity index (χ3n) is 5.12. The standard InChI is InChI=1S/C26H20FIN4O7/c1-2-37-22-10-15(9-20(28)25(22)38-14-24(33)30-18-5-3-17(27)4-6-18)13-29-31-26(34)23-12-16-11-19(32(35)36)7-8-21(16)39-23/h3-13H,2,14H2,1H3,(H,30,33)(H,31,34)/b29-13+. The van der Waals surface area contributed by atoms with Crippen LogP contribution in [0.3, 0.4) is 0 Å². The van der Waals surface area contributed by atoms with Gasteiger partial charge in [-0.05, 0) is 83.6 Å². The van der Waals surface area contributed by atoms with Gasteiger partial charge in [0, 0.05) is 23.2 Å². The van der Waals surface area contributed by atoms with Crippen molar-refractivity contribution in [3.63, 3.8) is 0 Å². The van der Waals surface area contributed by atoms with Crippen LogP contribution in [0.25, 0.3) is 11.0 Å². The molecule has 2 N–H and O–H groups in total. The van der Waals surface area contributed by atoms with Gasteiger partial charge in [-0.25, -0.2) is 9.82 Å². The summed E-state index contributed by atoms with van der Waals surface area (Å²) in [6.07, 6.45) is 1.39. The number of ether oxygens (including phenoxy) is 2. The Labute approximate surface area is 234 Å². The van der Waals surface area contributed by atoms with E-state index in [-0.39, 0.29) is 18.1 Å². The first-order valence-corrected chi connectivity index (χ1v) is 12.5. The second kappa shape index (κ2) is 12.3. The third-order valence-corrected chi connectivity index (χ3v) is 5.92. The molecule has 1 heterocycles. The lowest BCUT2D eigenvalue weighted by Crippen LogP contribution is -2.20. The number of carbonyl (C=O) groups is 2. The van der Waals surface area contributed by atoms with E-state index < -0.39 is 22.6 Å². The Kier molecular flexibility index (Phi) is 8.70. The van der Waals surface area contributed by atoms with Gasteiger partial charge in [0.15, 0.2) is 23.9 Å². The van der Waals surface area contributed by atoms with Gasteiger partial charge in [0.1, 0.15) is 11.4 Å². The Bertz CT molecular complexity index is 1570. The van der Waals surface area contributed by atoms with E-state index in [2.05, 4.69) is 15.8 Å². The molecule has 39 heavy (non-hydrogen) atoms. The molecule has 3 aromatic carbocycles. The molecule has 0 aliphatic rings. The molecule has 0 aliphatic carbocycles. The molecule has 13 heteroatoms.